The Morgan fingerprint density at radius 2 is 2.00 bits per heavy atom. The number of anilines is 1. The third kappa shape index (κ3) is 4.28. The Balaban J connectivity index is 1.89. The third-order valence-corrected chi connectivity index (χ3v) is 6.81. The molecule has 1 atom stereocenters. The number of aryl methyl sites for hydroxylation is 1. The number of halogens is 2. The molecule has 0 bridgehead atoms. The number of hydrogen-bond donors (Lipinski definition) is 2. The minimum absolute atomic E-state index is 0.0131. The lowest BCUT2D eigenvalue weighted by Crippen LogP contribution is -2.27. The monoisotopic (exact) mass is 518 g/mol. The average molecular weight is 519 g/mol. The van der Waals surface area contributed by atoms with Crippen LogP contribution in [0, 0.1) is 17.0 Å². The van der Waals surface area contributed by atoms with Crippen molar-refractivity contribution in [3.63, 3.8) is 0 Å². The molecule has 1 unspecified atom stereocenters. The number of alkyl halides is 2. The number of nitrogens with zero attached hydrogens (tertiary/aromatic N) is 6. The van der Waals surface area contributed by atoms with Gasteiger partial charge in [-0.1, -0.05) is 6.92 Å². The molecule has 0 aliphatic rings. The standard InChI is InChI=1S/C21H20F2N8O4S/c1-4-14(30-8-10(6-26-30)31(34)35)20(33)28-16-15-11(12-7-25-29(3)9(12)2)5-13(18(22)23)27-21(15)36-17(16)19(24)32/h5-8,14,18H,4H2,1-3H3,(H2,24,32)(H,28,33). The van der Waals surface area contributed by atoms with Crippen molar-refractivity contribution in [1.82, 2.24) is 24.5 Å². The first kappa shape index (κ1) is 24.8. The number of nitrogens with one attached hydrogen (secondary N) is 1. The van der Waals surface area contributed by atoms with Gasteiger partial charge in [0.1, 0.15) is 33.8 Å². The fourth-order valence-corrected chi connectivity index (χ4v) is 4.80. The summed E-state index contributed by atoms with van der Waals surface area (Å²) in [6, 6.07) is 0.226. The number of carbonyl (C=O) groups is 2. The van der Waals surface area contributed by atoms with Crippen LogP contribution in [0.2, 0.25) is 0 Å². The van der Waals surface area contributed by atoms with E-state index in [9.17, 15) is 28.5 Å². The topological polar surface area (TPSA) is 164 Å². The number of thiophene rings is 1. The summed E-state index contributed by atoms with van der Waals surface area (Å²) in [5.74, 6) is -1.52. The molecule has 12 nitrogen and oxygen atoms in total. The van der Waals surface area contributed by atoms with Gasteiger partial charge in [-0.3, -0.25) is 29.1 Å². The maximum absolute atomic E-state index is 13.7. The average Bonchev–Trinajstić information content (AvgIpc) is 3.52. The highest BCUT2D eigenvalue weighted by Gasteiger charge is 2.29. The first-order valence-corrected chi connectivity index (χ1v) is 11.4. The van der Waals surface area contributed by atoms with Crippen LogP contribution in [-0.2, 0) is 11.8 Å². The van der Waals surface area contributed by atoms with Gasteiger partial charge in [0.05, 0.1) is 16.8 Å². The normalized spacial score (nSPS) is 12.3. The minimum atomic E-state index is -2.89. The Hall–Kier alpha value is -4.27. The highest BCUT2D eigenvalue weighted by Crippen LogP contribution is 2.43. The van der Waals surface area contributed by atoms with Gasteiger partial charge < -0.3 is 11.1 Å². The molecular weight excluding hydrogens is 498 g/mol. The van der Waals surface area contributed by atoms with E-state index in [1.807, 2.05) is 0 Å². The lowest BCUT2D eigenvalue weighted by Gasteiger charge is -2.16. The predicted octanol–water partition coefficient (Wildman–Crippen LogP) is 3.74. The second kappa shape index (κ2) is 9.41. The van der Waals surface area contributed by atoms with Crippen molar-refractivity contribution in [3.05, 3.63) is 51.0 Å². The van der Waals surface area contributed by atoms with Crippen LogP contribution in [0.5, 0.6) is 0 Å². The van der Waals surface area contributed by atoms with Crippen molar-refractivity contribution in [2.45, 2.75) is 32.7 Å². The van der Waals surface area contributed by atoms with Crippen LogP contribution in [0.25, 0.3) is 21.3 Å². The van der Waals surface area contributed by atoms with Gasteiger partial charge in [0, 0.05) is 23.7 Å². The molecule has 0 aromatic carbocycles. The summed E-state index contributed by atoms with van der Waals surface area (Å²) in [6.07, 6.45) is 0.951. The molecule has 0 spiro atoms. The van der Waals surface area contributed by atoms with Gasteiger partial charge in [0.15, 0.2) is 0 Å². The Kier molecular flexibility index (Phi) is 6.49. The Labute approximate surface area is 205 Å². The van der Waals surface area contributed by atoms with Crippen molar-refractivity contribution < 1.29 is 23.3 Å². The van der Waals surface area contributed by atoms with Gasteiger partial charge in [-0.25, -0.2) is 13.8 Å². The summed E-state index contributed by atoms with van der Waals surface area (Å²) >= 11 is 0.778. The molecule has 0 aliphatic carbocycles. The van der Waals surface area contributed by atoms with E-state index in [1.54, 1.807) is 25.6 Å². The zero-order valence-corrected chi connectivity index (χ0v) is 20.0. The highest BCUT2D eigenvalue weighted by atomic mass is 32.1. The lowest BCUT2D eigenvalue weighted by atomic mass is 10.0. The van der Waals surface area contributed by atoms with Gasteiger partial charge in [0.2, 0.25) is 5.91 Å². The Bertz CT molecular complexity index is 1510. The van der Waals surface area contributed by atoms with E-state index in [4.69, 9.17) is 5.73 Å². The molecule has 188 valence electrons. The molecule has 0 saturated carbocycles. The molecular formula is C21H20F2N8O4S. The molecule has 4 rings (SSSR count). The molecule has 0 aliphatic heterocycles. The Morgan fingerprint density at radius 1 is 1.28 bits per heavy atom. The number of aromatic nitrogens is 5. The number of amides is 2. The highest BCUT2D eigenvalue weighted by molar-refractivity contribution is 7.21. The summed E-state index contributed by atoms with van der Waals surface area (Å²) in [5, 5.41) is 22.0. The van der Waals surface area contributed by atoms with Crippen LogP contribution in [0.4, 0.5) is 20.2 Å². The molecule has 36 heavy (non-hydrogen) atoms. The summed E-state index contributed by atoms with van der Waals surface area (Å²) in [7, 11) is 1.69. The molecule has 0 fully saturated rings. The van der Waals surface area contributed by atoms with Crippen molar-refractivity contribution in [3.8, 4) is 11.1 Å². The molecule has 4 heterocycles. The Morgan fingerprint density at radius 3 is 2.53 bits per heavy atom. The van der Waals surface area contributed by atoms with Gasteiger partial charge in [0.25, 0.3) is 12.3 Å². The zero-order valence-electron chi connectivity index (χ0n) is 19.2. The largest absolute Gasteiger partial charge is 0.365 e. The summed E-state index contributed by atoms with van der Waals surface area (Å²) < 4.78 is 30.0. The first-order chi connectivity index (χ1) is 17.0. The molecule has 2 amide bonds. The van der Waals surface area contributed by atoms with Crippen LogP contribution in [0.1, 0.15) is 46.9 Å². The number of nitro groups is 1. The van der Waals surface area contributed by atoms with E-state index < -0.39 is 34.9 Å². The van der Waals surface area contributed by atoms with Crippen LogP contribution >= 0.6 is 11.3 Å². The maximum Gasteiger partial charge on any atom is 0.307 e. The number of fused-ring (bicyclic) bond motifs is 1. The smallest absolute Gasteiger partial charge is 0.307 e. The summed E-state index contributed by atoms with van der Waals surface area (Å²) in [4.78, 5) is 40.0. The molecule has 4 aromatic heterocycles. The predicted molar refractivity (Wildman–Crippen MR) is 127 cm³/mol. The van der Waals surface area contributed by atoms with Crippen molar-refractivity contribution in [2.75, 3.05) is 5.32 Å². The molecule has 0 radical (unpaired) electrons. The number of rotatable bonds is 8. The van der Waals surface area contributed by atoms with E-state index in [2.05, 4.69) is 20.5 Å². The number of nitrogens with two attached hydrogens (primary N) is 1. The van der Waals surface area contributed by atoms with E-state index in [1.165, 1.54) is 12.3 Å². The van der Waals surface area contributed by atoms with Crippen molar-refractivity contribution >= 4 is 44.7 Å². The van der Waals surface area contributed by atoms with Crippen LogP contribution in [-0.4, -0.2) is 41.3 Å². The van der Waals surface area contributed by atoms with Crippen LogP contribution in [0.3, 0.4) is 0 Å². The van der Waals surface area contributed by atoms with Gasteiger partial charge in [-0.05, 0) is 25.0 Å². The number of hydrogen-bond acceptors (Lipinski definition) is 8. The van der Waals surface area contributed by atoms with Gasteiger partial charge >= 0.3 is 5.69 Å². The number of primary amides is 1. The quantitative estimate of drug-likeness (QED) is 0.265. The fraction of sp³-hybridized carbons (Fsp3) is 0.286. The second-order valence-corrected chi connectivity index (χ2v) is 8.86. The number of pyridine rings is 1. The van der Waals surface area contributed by atoms with E-state index in [0.29, 0.717) is 16.8 Å². The van der Waals surface area contributed by atoms with E-state index in [0.717, 1.165) is 28.4 Å². The molecule has 4 aromatic rings. The lowest BCUT2D eigenvalue weighted by molar-refractivity contribution is -0.385. The van der Waals surface area contributed by atoms with Gasteiger partial charge in [-0.2, -0.15) is 10.2 Å². The van der Waals surface area contributed by atoms with Crippen molar-refractivity contribution in [2.24, 2.45) is 12.8 Å². The third-order valence-electron chi connectivity index (χ3n) is 5.71. The van der Waals surface area contributed by atoms with Crippen LogP contribution < -0.4 is 11.1 Å². The fourth-order valence-electron chi connectivity index (χ4n) is 3.79. The first-order valence-electron chi connectivity index (χ1n) is 10.6. The number of carbonyl (C=O) groups excluding carboxylic acids is 2. The van der Waals surface area contributed by atoms with E-state index in [-0.39, 0.29) is 32.9 Å². The SMILES string of the molecule is CCC(C(=O)Nc1c(C(N)=O)sc2nc(C(F)F)cc(-c3cnn(C)c3C)c12)n1cc([N+](=O)[O-])cn1. The van der Waals surface area contributed by atoms with Crippen LogP contribution in [0.15, 0.2) is 24.7 Å². The summed E-state index contributed by atoms with van der Waals surface area (Å²) in [5.41, 5.74) is 6.23. The van der Waals surface area contributed by atoms with E-state index >= 15 is 0 Å². The second-order valence-electron chi connectivity index (χ2n) is 7.86. The van der Waals surface area contributed by atoms with Gasteiger partial charge in [-0.15, -0.1) is 11.3 Å². The minimum Gasteiger partial charge on any atom is -0.365 e. The summed E-state index contributed by atoms with van der Waals surface area (Å²) in [6.45, 7) is 3.42. The molecule has 0 saturated heterocycles. The van der Waals surface area contributed by atoms with Crippen molar-refractivity contribution in [1.29, 1.82) is 0 Å². The zero-order chi connectivity index (χ0) is 26.3. The molecule has 15 heteroatoms. The maximum atomic E-state index is 13.7. The molecule has 3 N–H and O–H groups in total.